The second-order valence-corrected chi connectivity index (χ2v) is 5.69. The van der Waals surface area contributed by atoms with E-state index in [9.17, 15) is 4.79 Å². The lowest BCUT2D eigenvalue weighted by molar-refractivity contribution is -0.138. The number of carbonyl (C=O) groups is 1. The minimum Gasteiger partial charge on any atom is -0.463 e. The highest BCUT2D eigenvalue weighted by atomic mass is 16.5. The summed E-state index contributed by atoms with van der Waals surface area (Å²) >= 11 is 0. The molecule has 0 amide bonds. The van der Waals surface area contributed by atoms with Crippen molar-refractivity contribution < 1.29 is 9.53 Å². The molecule has 1 aliphatic rings. The molecule has 2 aromatic rings. The van der Waals surface area contributed by atoms with Crippen molar-refractivity contribution in [2.75, 3.05) is 6.61 Å². The molecule has 0 bridgehead atoms. The van der Waals surface area contributed by atoms with Crippen molar-refractivity contribution in [1.29, 1.82) is 0 Å². The lowest BCUT2D eigenvalue weighted by atomic mass is 9.88. The SMILES string of the molecule is CCOC(=O)C1=C(C)c2ccc(C)cc2C1c1ccccc1. The number of benzene rings is 2. The van der Waals surface area contributed by atoms with E-state index in [2.05, 4.69) is 37.3 Å². The Balaban J connectivity index is 2.19. The monoisotopic (exact) mass is 292 g/mol. The van der Waals surface area contributed by atoms with Gasteiger partial charge >= 0.3 is 5.97 Å². The molecule has 3 rings (SSSR count). The van der Waals surface area contributed by atoms with Crippen LogP contribution in [0.3, 0.4) is 0 Å². The van der Waals surface area contributed by atoms with E-state index in [0.717, 1.165) is 22.3 Å². The number of rotatable bonds is 3. The van der Waals surface area contributed by atoms with Crippen LogP contribution in [0.2, 0.25) is 0 Å². The zero-order valence-electron chi connectivity index (χ0n) is 13.2. The van der Waals surface area contributed by atoms with Gasteiger partial charge < -0.3 is 4.74 Å². The number of carbonyl (C=O) groups excluding carboxylic acids is 1. The molecule has 1 atom stereocenters. The van der Waals surface area contributed by atoms with Crippen molar-refractivity contribution in [2.24, 2.45) is 0 Å². The van der Waals surface area contributed by atoms with Crippen LogP contribution in [-0.2, 0) is 9.53 Å². The maximum Gasteiger partial charge on any atom is 0.335 e. The van der Waals surface area contributed by atoms with Crippen molar-refractivity contribution in [3.05, 3.63) is 76.4 Å². The fourth-order valence-electron chi connectivity index (χ4n) is 3.25. The molecule has 0 heterocycles. The Hall–Kier alpha value is -2.35. The number of fused-ring (bicyclic) bond motifs is 1. The van der Waals surface area contributed by atoms with Gasteiger partial charge in [-0.3, -0.25) is 0 Å². The van der Waals surface area contributed by atoms with Crippen LogP contribution in [-0.4, -0.2) is 12.6 Å². The third-order valence-corrected chi connectivity index (χ3v) is 4.24. The predicted molar refractivity (Wildman–Crippen MR) is 88.7 cm³/mol. The Labute approximate surface area is 131 Å². The zero-order valence-corrected chi connectivity index (χ0v) is 13.2. The van der Waals surface area contributed by atoms with Crippen LogP contribution in [0, 0.1) is 6.92 Å². The smallest absolute Gasteiger partial charge is 0.335 e. The Bertz CT molecular complexity index is 742. The van der Waals surface area contributed by atoms with Crippen molar-refractivity contribution in [3.63, 3.8) is 0 Å². The molecule has 1 aliphatic carbocycles. The maximum absolute atomic E-state index is 12.5. The molecule has 0 aromatic heterocycles. The number of esters is 1. The largest absolute Gasteiger partial charge is 0.463 e. The summed E-state index contributed by atoms with van der Waals surface area (Å²) in [5, 5.41) is 0. The van der Waals surface area contributed by atoms with E-state index in [1.54, 1.807) is 0 Å². The number of ether oxygens (including phenoxy) is 1. The molecule has 0 aliphatic heterocycles. The lowest BCUT2D eigenvalue weighted by Gasteiger charge is -2.17. The molecule has 0 N–H and O–H groups in total. The first-order chi connectivity index (χ1) is 10.6. The molecule has 0 radical (unpaired) electrons. The van der Waals surface area contributed by atoms with E-state index in [-0.39, 0.29) is 11.9 Å². The van der Waals surface area contributed by atoms with Crippen LogP contribution < -0.4 is 0 Å². The van der Waals surface area contributed by atoms with Gasteiger partial charge in [0.25, 0.3) is 0 Å². The van der Waals surface area contributed by atoms with Gasteiger partial charge in [0.1, 0.15) is 0 Å². The van der Waals surface area contributed by atoms with Gasteiger partial charge in [0.05, 0.1) is 12.2 Å². The van der Waals surface area contributed by atoms with Crippen molar-refractivity contribution in [2.45, 2.75) is 26.7 Å². The van der Waals surface area contributed by atoms with Crippen molar-refractivity contribution in [3.8, 4) is 0 Å². The van der Waals surface area contributed by atoms with Crippen LogP contribution in [0.1, 0.15) is 42.0 Å². The van der Waals surface area contributed by atoms with E-state index in [1.165, 1.54) is 11.1 Å². The molecule has 0 spiro atoms. The number of hydrogen-bond acceptors (Lipinski definition) is 2. The third-order valence-electron chi connectivity index (χ3n) is 4.24. The van der Waals surface area contributed by atoms with E-state index in [4.69, 9.17) is 4.74 Å². The normalized spacial score (nSPS) is 16.6. The molecule has 0 saturated heterocycles. The van der Waals surface area contributed by atoms with E-state index in [1.807, 2.05) is 32.0 Å². The quantitative estimate of drug-likeness (QED) is 0.780. The van der Waals surface area contributed by atoms with Gasteiger partial charge in [-0.15, -0.1) is 0 Å². The minimum atomic E-state index is -0.206. The fraction of sp³-hybridized carbons (Fsp3) is 0.250. The summed E-state index contributed by atoms with van der Waals surface area (Å²) in [4.78, 5) is 12.5. The summed E-state index contributed by atoms with van der Waals surface area (Å²) in [5.41, 5.74) is 6.50. The molecule has 22 heavy (non-hydrogen) atoms. The van der Waals surface area contributed by atoms with Crippen LogP contribution >= 0.6 is 0 Å². The summed E-state index contributed by atoms with van der Waals surface area (Å²) in [5.74, 6) is -0.238. The highest BCUT2D eigenvalue weighted by molar-refractivity contribution is 6.03. The molecule has 0 fully saturated rings. The van der Waals surface area contributed by atoms with E-state index < -0.39 is 0 Å². The Kier molecular flexibility index (Phi) is 3.84. The third kappa shape index (κ3) is 2.35. The van der Waals surface area contributed by atoms with Gasteiger partial charge in [0.15, 0.2) is 0 Å². The number of hydrogen-bond donors (Lipinski definition) is 0. The van der Waals surface area contributed by atoms with Crippen LogP contribution in [0.4, 0.5) is 0 Å². The Morgan fingerprint density at radius 1 is 1.09 bits per heavy atom. The summed E-state index contributed by atoms with van der Waals surface area (Å²) in [6, 6.07) is 16.6. The van der Waals surface area contributed by atoms with Crippen LogP contribution in [0.15, 0.2) is 54.1 Å². The van der Waals surface area contributed by atoms with Gasteiger partial charge in [0.2, 0.25) is 0 Å². The average Bonchev–Trinajstić information content (AvgIpc) is 2.81. The zero-order chi connectivity index (χ0) is 15.7. The van der Waals surface area contributed by atoms with Crippen molar-refractivity contribution in [1.82, 2.24) is 0 Å². The second-order valence-electron chi connectivity index (χ2n) is 5.69. The Morgan fingerprint density at radius 3 is 2.50 bits per heavy atom. The molecule has 2 heteroatoms. The van der Waals surface area contributed by atoms with Gasteiger partial charge in [-0.05, 0) is 43.0 Å². The van der Waals surface area contributed by atoms with E-state index >= 15 is 0 Å². The first-order valence-electron chi connectivity index (χ1n) is 7.67. The standard InChI is InChI=1S/C20H20O2/c1-4-22-20(21)18-14(3)16-11-10-13(2)12-17(16)19(18)15-8-6-5-7-9-15/h5-12,19H,4H2,1-3H3. The minimum absolute atomic E-state index is 0.0323. The Morgan fingerprint density at radius 2 is 1.82 bits per heavy atom. The summed E-state index contributed by atoms with van der Waals surface area (Å²) in [6.45, 7) is 6.34. The molecular weight excluding hydrogens is 272 g/mol. The predicted octanol–water partition coefficient (Wildman–Crippen LogP) is 4.48. The molecule has 1 unspecified atom stereocenters. The number of allylic oxidation sites excluding steroid dienone is 1. The van der Waals surface area contributed by atoms with Crippen molar-refractivity contribution >= 4 is 11.5 Å². The molecule has 112 valence electrons. The highest BCUT2D eigenvalue weighted by Crippen LogP contribution is 2.46. The van der Waals surface area contributed by atoms with Crippen LogP contribution in [0.25, 0.3) is 5.57 Å². The van der Waals surface area contributed by atoms with Gasteiger partial charge in [-0.25, -0.2) is 4.79 Å². The van der Waals surface area contributed by atoms with Crippen LogP contribution in [0.5, 0.6) is 0 Å². The first kappa shape index (κ1) is 14.6. The second kappa shape index (κ2) is 5.80. The summed E-state index contributed by atoms with van der Waals surface area (Å²) in [6.07, 6.45) is 0. The summed E-state index contributed by atoms with van der Waals surface area (Å²) < 4.78 is 5.31. The van der Waals surface area contributed by atoms with Gasteiger partial charge in [0, 0.05) is 5.92 Å². The molecule has 2 aromatic carbocycles. The molecular formula is C20H20O2. The average molecular weight is 292 g/mol. The highest BCUT2D eigenvalue weighted by Gasteiger charge is 2.35. The van der Waals surface area contributed by atoms with E-state index in [0.29, 0.717) is 6.61 Å². The lowest BCUT2D eigenvalue weighted by Crippen LogP contribution is -2.14. The first-order valence-corrected chi connectivity index (χ1v) is 7.67. The van der Waals surface area contributed by atoms with Gasteiger partial charge in [-0.2, -0.15) is 0 Å². The molecule has 0 saturated carbocycles. The number of aryl methyl sites for hydroxylation is 1. The fourth-order valence-corrected chi connectivity index (χ4v) is 3.25. The van der Waals surface area contributed by atoms with Gasteiger partial charge in [-0.1, -0.05) is 54.1 Å². The summed E-state index contributed by atoms with van der Waals surface area (Å²) in [7, 11) is 0. The topological polar surface area (TPSA) is 26.3 Å². The molecule has 2 nitrogen and oxygen atoms in total. The maximum atomic E-state index is 12.5.